The Morgan fingerprint density at radius 1 is 1.09 bits per heavy atom. The molecular formula is C14H14F3N5. The number of nitrogens with two attached hydrogens (primary N) is 1. The normalized spacial score (nSPS) is 12.3. The van der Waals surface area contributed by atoms with Crippen molar-refractivity contribution < 1.29 is 13.2 Å². The van der Waals surface area contributed by atoms with Gasteiger partial charge in [0.2, 0.25) is 5.96 Å². The van der Waals surface area contributed by atoms with Gasteiger partial charge in [0.1, 0.15) is 0 Å². The zero-order valence-electron chi connectivity index (χ0n) is 11.9. The molecule has 0 aliphatic carbocycles. The van der Waals surface area contributed by atoms with Crippen LogP contribution in [0.15, 0.2) is 35.3 Å². The van der Waals surface area contributed by atoms with E-state index < -0.39 is 11.7 Å². The molecule has 5 nitrogen and oxygen atoms in total. The summed E-state index contributed by atoms with van der Waals surface area (Å²) in [5, 5.41) is 2.69. The van der Waals surface area contributed by atoms with Gasteiger partial charge in [-0.25, -0.2) is 9.97 Å². The van der Waals surface area contributed by atoms with Gasteiger partial charge >= 0.3 is 6.18 Å². The van der Waals surface area contributed by atoms with Crippen molar-refractivity contribution in [2.45, 2.75) is 20.0 Å². The van der Waals surface area contributed by atoms with Crippen molar-refractivity contribution in [3.05, 3.63) is 47.3 Å². The molecule has 0 saturated heterocycles. The number of aryl methyl sites for hydroxylation is 2. The minimum absolute atomic E-state index is 0.00948. The van der Waals surface area contributed by atoms with E-state index in [9.17, 15) is 13.2 Å². The number of rotatable bonds is 2. The minimum Gasteiger partial charge on any atom is -0.369 e. The van der Waals surface area contributed by atoms with E-state index in [1.165, 1.54) is 12.1 Å². The molecule has 22 heavy (non-hydrogen) atoms. The first-order valence-corrected chi connectivity index (χ1v) is 6.35. The van der Waals surface area contributed by atoms with Crippen LogP contribution in [0.3, 0.4) is 0 Å². The first-order valence-electron chi connectivity index (χ1n) is 6.35. The molecule has 0 radical (unpaired) electrons. The molecule has 0 spiro atoms. The molecule has 116 valence electrons. The predicted molar refractivity (Wildman–Crippen MR) is 77.9 cm³/mol. The predicted octanol–water partition coefficient (Wildman–Crippen LogP) is 3.17. The number of guanidine groups is 1. The summed E-state index contributed by atoms with van der Waals surface area (Å²) in [7, 11) is 0. The van der Waals surface area contributed by atoms with Gasteiger partial charge < -0.3 is 11.1 Å². The first kappa shape index (κ1) is 15.7. The number of aliphatic imine (C=N–C) groups is 1. The van der Waals surface area contributed by atoms with Crippen molar-refractivity contribution in [3.8, 4) is 0 Å². The fourth-order valence-electron chi connectivity index (χ4n) is 1.78. The number of nitrogens with one attached hydrogen (secondary N) is 1. The van der Waals surface area contributed by atoms with Crippen molar-refractivity contribution >= 4 is 17.6 Å². The molecule has 1 aromatic carbocycles. The molecule has 0 fully saturated rings. The lowest BCUT2D eigenvalue weighted by Crippen LogP contribution is -2.22. The SMILES string of the molecule is Cc1cc(C)nc(/N=C(\N)Nc2ccc(C(F)(F)F)cc2)n1. The van der Waals surface area contributed by atoms with E-state index in [4.69, 9.17) is 5.73 Å². The van der Waals surface area contributed by atoms with E-state index in [2.05, 4.69) is 20.3 Å². The molecule has 0 saturated carbocycles. The summed E-state index contributed by atoms with van der Waals surface area (Å²) < 4.78 is 37.4. The summed E-state index contributed by atoms with van der Waals surface area (Å²) in [4.78, 5) is 12.2. The van der Waals surface area contributed by atoms with Gasteiger partial charge in [-0.15, -0.1) is 0 Å². The third-order valence-corrected chi connectivity index (χ3v) is 2.68. The van der Waals surface area contributed by atoms with Crippen LogP contribution in [0.4, 0.5) is 24.8 Å². The van der Waals surface area contributed by atoms with Crippen LogP contribution in [-0.2, 0) is 6.18 Å². The van der Waals surface area contributed by atoms with Gasteiger partial charge in [-0.2, -0.15) is 18.2 Å². The summed E-state index contributed by atoms with van der Waals surface area (Å²) in [6.45, 7) is 3.60. The van der Waals surface area contributed by atoms with Crippen molar-refractivity contribution in [2.24, 2.45) is 10.7 Å². The number of alkyl halides is 3. The van der Waals surface area contributed by atoms with Gasteiger partial charge in [-0.3, -0.25) is 0 Å². The zero-order chi connectivity index (χ0) is 16.3. The fourth-order valence-corrected chi connectivity index (χ4v) is 1.78. The van der Waals surface area contributed by atoms with Crippen LogP contribution < -0.4 is 11.1 Å². The Balaban J connectivity index is 2.14. The molecule has 1 aromatic heterocycles. The fraction of sp³-hybridized carbons (Fsp3) is 0.214. The second kappa shape index (κ2) is 6.00. The molecule has 0 unspecified atom stereocenters. The number of aromatic nitrogens is 2. The highest BCUT2D eigenvalue weighted by Crippen LogP contribution is 2.29. The van der Waals surface area contributed by atoms with Gasteiger partial charge in [0.05, 0.1) is 5.56 Å². The van der Waals surface area contributed by atoms with Crippen LogP contribution in [0.5, 0.6) is 0 Å². The molecular weight excluding hydrogens is 295 g/mol. The molecule has 0 aliphatic rings. The lowest BCUT2D eigenvalue weighted by molar-refractivity contribution is -0.137. The quantitative estimate of drug-likeness (QED) is 0.660. The van der Waals surface area contributed by atoms with Crippen molar-refractivity contribution in [3.63, 3.8) is 0 Å². The second-order valence-electron chi connectivity index (χ2n) is 4.65. The number of nitrogens with zero attached hydrogens (tertiary/aromatic N) is 3. The van der Waals surface area contributed by atoms with Crippen LogP contribution in [0.2, 0.25) is 0 Å². The van der Waals surface area contributed by atoms with Crippen LogP contribution in [-0.4, -0.2) is 15.9 Å². The standard InChI is InChI=1S/C14H14F3N5/c1-8-7-9(2)20-13(19-8)22-12(18)21-11-5-3-10(4-6-11)14(15,16)17/h3-7H,1-2H3,(H3,18,19,20,21,22). The first-order chi connectivity index (χ1) is 10.2. The van der Waals surface area contributed by atoms with Crippen LogP contribution in [0, 0.1) is 13.8 Å². The summed E-state index contributed by atoms with van der Waals surface area (Å²) in [5.41, 5.74) is 6.84. The smallest absolute Gasteiger partial charge is 0.369 e. The summed E-state index contributed by atoms with van der Waals surface area (Å²) >= 11 is 0. The van der Waals surface area contributed by atoms with Gasteiger partial charge in [0.25, 0.3) is 5.95 Å². The lowest BCUT2D eigenvalue weighted by atomic mass is 10.2. The maximum absolute atomic E-state index is 12.5. The van der Waals surface area contributed by atoms with E-state index in [0.29, 0.717) is 5.69 Å². The minimum atomic E-state index is -4.37. The number of anilines is 1. The number of benzene rings is 1. The second-order valence-corrected chi connectivity index (χ2v) is 4.65. The Morgan fingerprint density at radius 2 is 1.64 bits per heavy atom. The molecule has 2 rings (SSSR count). The Labute approximate surface area is 125 Å². The third-order valence-electron chi connectivity index (χ3n) is 2.68. The van der Waals surface area contributed by atoms with Crippen LogP contribution >= 0.6 is 0 Å². The molecule has 2 aromatic rings. The Morgan fingerprint density at radius 3 is 2.14 bits per heavy atom. The van der Waals surface area contributed by atoms with Crippen molar-refractivity contribution in [1.82, 2.24) is 9.97 Å². The zero-order valence-corrected chi connectivity index (χ0v) is 11.9. The van der Waals surface area contributed by atoms with Gasteiger partial charge in [-0.1, -0.05) is 0 Å². The Hall–Kier alpha value is -2.64. The monoisotopic (exact) mass is 309 g/mol. The van der Waals surface area contributed by atoms with Crippen LogP contribution in [0.25, 0.3) is 0 Å². The molecule has 1 heterocycles. The van der Waals surface area contributed by atoms with Gasteiger partial charge in [-0.05, 0) is 44.2 Å². The highest BCUT2D eigenvalue weighted by molar-refractivity contribution is 5.93. The molecule has 8 heteroatoms. The van der Waals surface area contributed by atoms with Crippen molar-refractivity contribution in [2.75, 3.05) is 5.32 Å². The van der Waals surface area contributed by atoms with E-state index in [0.717, 1.165) is 23.5 Å². The number of hydrogen-bond acceptors (Lipinski definition) is 3. The van der Waals surface area contributed by atoms with Crippen LogP contribution in [0.1, 0.15) is 17.0 Å². The molecule has 0 atom stereocenters. The number of halogens is 3. The van der Waals surface area contributed by atoms with E-state index in [1.807, 2.05) is 0 Å². The molecule has 0 aliphatic heterocycles. The van der Waals surface area contributed by atoms with Gasteiger partial charge in [0, 0.05) is 17.1 Å². The molecule has 0 amide bonds. The van der Waals surface area contributed by atoms with E-state index in [-0.39, 0.29) is 11.9 Å². The largest absolute Gasteiger partial charge is 0.416 e. The average molecular weight is 309 g/mol. The van der Waals surface area contributed by atoms with Crippen molar-refractivity contribution in [1.29, 1.82) is 0 Å². The third kappa shape index (κ3) is 4.18. The maximum Gasteiger partial charge on any atom is 0.416 e. The molecule has 3 N–H and O–H groups in total. The Bertz CT molecular complexity index is 672. The summed E-state index contributed by atoms with van der Waals surface area (Å²) in [5.74, 6) is 0.180. The number of hydrogen-bond donors (Lipinski definition) is 2. The molecule has 0 bridgehead atoms. The van der Waals surface area contributed by atoms with Gasteiger partial charge in [0.15, 0.2) is 0 Å². The summed E-state index contributed by atoms with van der Waals surface area (Å²) in [6.07, 6.45) is -4.37. The highest BCUT2D eigenvalue weighted by Gasteiger charge is 2.29. The lowest BCUT2D eigenvalue weighted by Gasteiger charge is -2.09. The van der Waals surface area contributed by atoms with E-state index in [1.54, 1.807) is 19.9 Å². The van der Waals surface area contributed by atoms with E-state index >= 15 is 0 Å². The maximum atomic E-state index is 12.5. The highest BCUT2D eigenvalue weighted by atomic mass is 19.4. The summed E-state index contributed by atoms with van der Waals surface area (Å²) in [6, 6.07) is 6.26. The topological polar surface area (TPSA) is 76.2 Å². The Kier molecular flexibility index (Phi) is 4.30. The average Bonchev–Trinajstić information content (AvgIpc) is 2.36.